The monoisotopic (exact) mass is 366 g/mol. The number of likely N-dealkylation sites (tertiary alicyclic amines) is 1. The van der Waals surface area contributed by atoms with Crippen molar-refractivity contribution in [3.63, 3.8) is 0 Å². The minimum Gasteiger partial charge on any atom is -0.493 e. The summed E-state index contributed by atoms with van der Waals surface area (Å²) in [5.74, 6) is 0.939. The number of methoxy groups -OCH3 is 3. The number of nitrogens with zero attached hydrogens (tertiary/aromatic N) is 1. The van der Waals surface area contributed by atoms with Gasteiger partial charge in [0.05, 0.1) is 33.5 Å². The number of carbonyl (C=O) groups excluding carboxylic acids is 2. The molecule has 1 N–H and O–H groups in total. The Kier molecular flexibility index (Phi) is 6.94. The molecule has 1 aromatic carbocycles. The third kappa shape index (κ3) is 4.30. The molecule has 1 saturated heterocycles. The Morgan fingerprint density at radius 3 is 2.27 bits per heavy atom. The predicted molar refractivity (Wildman–Crippen MR) is 95.2 cm³/mol. The zero-order valence-corrected chi connectivity index (χ0v) is 15.7. The first kappa shape index (κ1) is 19.7. The summed E-state index contributed by atoms with van der Waals surface area (Å²) in [7, 11) is 4.49. The minimum atomic E-state index is -0.307. The quantitative estimate of drug-likeness (QED) is 0.829. The van der Waals surface area contributed by atoms with Crippen LogP contribution in [0.2, 0.25) is 0 Å². The van der Waals surface area contributed by atoms with Crippen LogP contribution in [0, 0.1) is 0 Å². The zero-order valence-electron chi connectivity index (χ0n) is 15.7. The smallest absolute Gasteiger partial charge is 0.409 e. The summed E-state index contributed by atoms with van der Waals surface area (Å²) in [5, 5.41) is 3.00. The number of piperidine rings is 1. The van der Waals surface area contributed by atoms with E-state index in [1.807, 2.05) is 0 Å². The van der Waals surface area contributed by atoms with Gasteiger partial charge < -0.3 is 29.2 Å². The molecule has 1 aliphatic heterocycles. The molecular weight excluding hydrogens is 340 g/mol. The van der Waals surface area contributed by atoms with Crippen molar-refractivity contribution >= 4 is 12.0 Å². The normalized spacial score (nSPS) is 14.5. The van der Waals surface area contributed by atoms with Crippen LogP contribution in [0.3, 0.4) is 0 Å². The molecule has 0 spiro atoms. The van der Waals surface area contributed by atoms with Crippen molar-refractivity contribution in [2.75, 3.05) is 41.0 Å². The summed E-state index contributed by atoms with van der Waals surface area (Å²) < 4.78 is 20.9. The van der Waals surface area contributed by atoms with Crippen molar-refractivity contribution in [2.45, 2.75) is 25.8 Å². The van der Waals surface area contributed by atoms with Crippen LogP contribution in [0.1, 0.15) is 30.1 Å². The van der Waals surface area contributed by atoms with Crippen LogP contribution in [0.25, 0.3) is 0 Å². The second kappa shape index (κ2) is 9.17. The first-order valence-electron chi connectivity index (χ1n) is 8.57. The van der Waals surface area contributed by atoms with Crippen LogP contribution < -0.4 is 19.5 Å². The lowest BCUT2D eigenvalue weighted by Crippen LogP contribution is -2.46. The van der Waals surface area contributed by atoms with Gasteiger partial charge in [-0.3, -0.25) is 4.79 Å². The Morgan fingerprint density at radius 1 is 1.08 bits per heavy atom. The van der Waals surface area contributed by atoms with Gasteiger partial charge in [-0.25, -0.2) is 4.79 Å². The van der Waals surface area contributed by atoms with Gasteiger partial charge in [-0.2, -0.15) is 0 Å². The van der Waals surface area contributed by atoms with E-state index in [9.17, 15) is 9.59 Å². The highest BCUT2D eigenvalue weighted by molar-refractivity contribution is 5.98. The summed E-state index contributed by atoms with van der Waals surface area (Å²) in [4.78, 5) is 26.1. The van der Waals surface area contributed by atoms with Crippen LogP contribution in [0.5, 0.6) is 17.2 Å². The van der Waals surface area contributed by atoms with E-state index >= 15 is 0 Å². The Labute approximate surface area is 153 Å². The van der Waals surface area contributed by atoms with Gasteiger partial charge in [-0.05, 0) is 31.9 Å². The molecule has 0 aliphatic carbocycles. The Morgan fingerprint density at radius 2 is 1.73 bits per heavy atom. The molecule has 2 amide bonds. The lowest BCUT2D eigenvalue weighted by atomic mass is 10.0. The van der Waals surface area contributed by atoms with Crippen LogP contribution in [-0.4, -0.2) is 64.0 Å². The lowest BCUT2D eigenvalue weighted by molar-refractivity contribution is 0.0857. The molecule has 8 nitrogen and oxygen atoms in total. The van der Waals surface area contributed by atoms with Gasteiger partial charge in [-0.1, -0.05) is 0 Å². The maximum absolute atomic E-state index is 12.7. The minimum absolute atomic E-state index is 0.0222. The van der Waals surface area contributed by atoms with E-state index in [0.717, 1.165) is 0 Å². The predicted octanol–water partition coefficient (Wildman–Crippen LogP) is 2.06. The van der Waals surface area contributed by atoms with E-state index in [2.05, 4.69) is 5.32 Å². The van der Waals surface area contributed by atoms with Crippen molar-refractivity contribution in [3.8, 4) is 17.2 Å². The molecule has 0 bridgehead atoms. The van der Waals surface area contributed by atoms with Crippen molar-refractivity contribution in [3.05, 3.63) is 17.7 Å². The van der Waals surface area contributed by atoms with E-state index in [4.69, 9.17) is 18.9 Å². The number of benzene rings is 1. The fourth-order valence-corrected chi connectivity index (χ4v) is 2.96. The van der Waals surface area contributed by atoms with Gasteiger partial charge in [0.2, 0.25) is 5.75 Å². The molecule has 0 atom stereocenters. The Balaban J connectivity index is 2.04. The summed E-state index contributed by atoms with van der Waals surface area (Å²) in [6.07, 6.45) is 1.03. The molecule has 26 heavy (non-hydrogen) atoms. The maximum Gasteiger partial charge on any atom is 0.409 e. The Bertz CT molecular complexity index is 641. The van der Waals surface area contributed by atoms with Gasteiger partial charge in [0.15, 0.2) is 11.5 Å². The van der Waals surface area contributed by atoms with Crippen LogP contribution in [0.4, 0.5) is 4.79 Å². The number of carbonyl (C=O) groups is 2. The molecule has 2 rings (SSSR count). The molecule has 0 saturated carbocycles. The van der Waals surface area contributed by atoms with Crippen molar-refractivity contribution in [1.82, 2.24) is 10.2 Å². The topological polar surface area (TPSA) is 86.3 Å². The highest BCUT2D eigenvalue weighted by atomic mass is 16.6. The van der Waals surface area contributed by atoms with E-state index < -0.39 is 0 Å². The van der Waals surface area contributed by atoms with E-state index in [0.29, 0.717) is 55.4 Å². The highest BCUT2D eigenvalue weighted by Crippen LogP contribution is 2.39. The second-order valence-electron chi connectivity index (χ2n) is 5.82. The second-order valence-corrected chi connectivity index (χ2v) is 5.82. The van der Waals surface area contributed by atoms with Gasteiger partial charge >= 0.3 is 6.09 Å². The van der Waals surface area contributed by atoms with Crippen molar-refractivity contribution < 1.29 is 28.5 Å². The first-order chi connectivity index (χ1) is 12.5. The molecule has 1 aromatic rings. The number of hydrogen-bond donors (Lipinski definition) is 1. The van der Waals surface area contributed by atoms with E-state index in [-0.39, 0.29) is 18.0 Å². The Hall–Kier alpha value is -2.64. The first-order valence-corrected chi connectivity index (χ1v) is 8.57. The zero-order chi connectivity index (χ0) is 19.1. The molecule has 1 heterocycles. The van der Waals surface area contributed by atoms with Gasteiger partial charge in [0.1, 0.15) is 0 Å². The van der Waals surface area contributed by atoms with Crippen LogP contribution in [0.15, 0.2) is 12.1 Å². The number of ether oxygens (including phenoxy) is 4. The molecule has 0 radical (unpaired) electrons. The summed E-state index contributed by atoms with van der Waals surface area (Å²) >= 11 is 0. The largest absolute Gasteiger partial charge is 0.493 e. The lowest BCUT2D eigenvalue weighted by Gasteiger charge is -2.31. The van der Waals surface area contributed by atoms with Crippen molar-refractivity contribution in [2.24, 2.45) is 0 Å². The summed E-state index contributed by atoms with van der Waals surface area (Å²) in [6, 6.07) is 3.29. The molecule has 144 valence electrons. The third-order valence-electron chi connectivity index (χ3n) is 4.30. The molecular formula is C18H26N2O6. The number of rotatable bonds is 6. The van der Waals surface area contributed by atoms with Crippen molar-refractivity contribution in [1.29, 1.82) is 0 Å². The SMILES string of the molecule is CCOC(=O)N1CCC(NC(=O)c2ccc(OC)c(OC)c2OC)CC1. The van der Waals surface area contributed by atoms with Crippen LogP contribution in [-0.2, 0) is 4.74 Å². The van der Waals surface area contributed by atoms with E-state index in [1.54, 1.807) is 24.0 Å². The fourth-order valence-electron chi connectivity index (χ4n) is 2.96. The average molecular weight is 366 g/mol. The third-order valence-corrected chi connectivity index (χ3v) is 4.30. The summed E-state index contributed by atoms with van der Waals surface area (Å²) in [5.41, 5.74) is 0.373. The standard InChI is InChI=1S/C18H26N2O6/c1-5-26-18(22)20-10-8-12(9-11-20)19-17(21)13-6-7-14(23-2)16(25-4)15(13)24-3/h6-7,12H,5,8-11H2,1-4H3,(H,19,21). The maximum atomic E-state index is 12.7. The fraction of sp³-hybridized carbons (Fsp3) is 0.556. The highest BCUT2D eigenvalue weighted by Gasteiger charge is 2.27. The number of amides is 2. The number of hydrogen-bond acceptors (Lipinski definition) is 6. The van der Waals surface area contributed by atoms with Gasteiger partial charge in [0, 0.05) is 19.1 Å². The van der Waals surface area contributed by atoms with Crippen LogP contribution >= 0.6 is 0 Å². The summed E-state index contributed by atoms with van der Waals surface area (Å²) in [6.45, 7) is 3.23. The van der Waals surface area contributed by atoms with Gasteiger partial charge in [0.25, 0.3) is 5.91 Å². The number of nitrogens with one attached hydrogen (secondary N) is 1. The molecule has 1 aliphatic rings. The molecule has 0 aromatic heterocycles. The molecule has 1 fully saturated rings. The molecule has 8 heteroatoms. The average Bonchev–Trinajstić information content (AvgIpc) is 2.67. The van der Waals surface area contributed by atoms with Gasteiger partial charge in [-0.15, -0.1) is 0 Å². The van der Waals surface area contributed by atoms with E-state index in [1.165, 1.54) is 21.3 Å². The molecule has 0 unspecified atom stereocenters.